The second kappa shape index (κ2) is 8.65. The third-order valence-electron chi connectivity index (χ3n) is 3.68. The lowest BCUT2D eigenvalue weighted by atomic mass is 10.0. The first kappa shape index (κ1) is 18.2. The highest BCUT2D eigenvalue weighted by atomic mass is 16.5. The fourth-order valence-electron chi connectivity index (χ4n) is 2.32. The number of hydrogen-bond donors (Lipinski definition) is 4. The molecular weight excluding hydrogens is 308 g/mol. The zero-order valence-corrected chi connectivity index (χ0v) is 14.4. The Morgan fingerprint density at radius 2 is 2.17 bits per heavy atom. The van der Waals surface area contributed by atoms with Crippen LogP contribution in [0.1, 0.15) is 32.3 Å². The van der Waals surface area contributed by atoms with E-state index < -0.39 is 6.10 Å². The summed E-state index contributed by atoms with van der Waals surface area (Å²) in [7, 11) is 1.84. The summed E-state index contributed by atoms with van der Waals surface area (Å²) in [5, 5.41) is 20.4. The molecule has 0 spiro atoms. The molecule has 1 heterocycles. The summed E-state index contributed by atoms with van der Waals surface area (Å²) in [6, 6.07) is 6.00. The van der Waals surface area contributed by atoms with Crippen molar-refractivity contribution in [2.24, 2.45) is 5.10 Å². The van der Waals surface area contributed by atoms with Gasteiger partial charge in [0.2, 0.25) is 5.91 Å². The molecule has 4 N–H and O–H groups in total. The van der Waals surface area contributed by atoms with Crippen LogP contribution >= 0.6 is 0 Å². The van der Waals surface area contributed by atoms with E-state index in [4.69, 9.17) is 4.74 Å². The molecule has 2 rings (SSSR count). The molecule has 0 radical (unpaired) electrons. The maximum atomic E-state index is 11.3. The first-order valence-corrected chi connectivity index (χ1v) is 8.21. The van der Waals surface area contributed by atoms with Crippen molar-refractivity contribution in [3.8, 4) is 5.75 Å². The van der Waals surface area contributed by atoms with E-state index in [1.807, 2.05) is 39.1 Å². The summed E-state index contributed by atoms with van der Waals surface area (Å²) in [6.07, 6.45) is 0.368. The van der Waals surface area contributed by atoms with Crippen molar-refractivity contribution in [1.82, 2.24) is 10.7 Å². The molecule has 132 valence electrons. The second-order valence-electron chi connectivity index (χ2n) is 6.08. The number of rotatable bonds is 8. The molecule has 7 nitrogen and oxygen atoms in total. The van der Waals surface area contributed by atoms with Gasteiger partial charge >= 0.3 is 0 Å². The molecule has 1 unspecified atom stereocenters. The monoisotopic (exact) mass is 334 g/mol. The van der Waals surface area contributed by atoms with E-state index in [2.05, 4.69) is 21.2 Å². The highest BCUT2D eigenvalue weighted by molar-refractivity contribution is 6.06. The number of hydrazone groups is 1. The summed E-state index contributed by atoms with van der Waals surface area (Å²) in [5.41, 5.74) is 5.04. The number of anilines is 1. The van der Waals surface area contributed by atoms with E-state index in [9.17, 15) is 9.90 Å². The Morgan fingerprint density at radius 1 is 1.38 bits per heavy atom. The summed E-state index contributed by atoms with van der Waals surface area (Å²) < 4.78 is 5.80. The third-order valence-corrected chi connectivity index (χ3v) is 3.68. The van der Waals surface area contributed by atoms with Crippen LogP contribution in [0.25, 0.3) is 0 Å². The zero-order chi connectivity index (χ0) is 17.5. The van der Waals surface area contributed by atoms with Crippen molar-refractivity contribution in [3.63, 3.8) is 0 Å². The van der Waals surface area contributed by atoms with Crippen molar-refractivity contribution in [1.29, 1.82) is 0 Å². The Labute approximate surface area is 142 Å². The van der Waals surface area contributed by atoms with Crippen LogP contribution in [0.3, 0.4) is 0 Å². The lowest BCUT2D eigenvalue weighted by molar-refractivity contribution is -0.121. The summed E-state index contributed by atoms with van der Waals surface area (Å²) in [6.45, 7) is 4.71. The van der Waals surface area contributed by atoms with Gasteiger partial charge in [0.05, 0.1) is 5.71 Å². The molecule has 1 amide bonds. The Bertz CT molecular complexity index is 601. The van der Waals surface area contributed by atoms with Gasteiger partial charge in [0.1, 0.15) is 18.5 Å². The van der Waals surface area contributed by atoms with Gasteiger partial charge in [-0.3, -0.25) is 4.79 Å². The van der Waals surface area contributed by atoms with E-state index >= 15 is 0 Å². The van der Waals surface area contributed by atoms with E-state index in [0.717, 1.165) is 17.0 Å². The molecule has 0 aliphatic carbocycles. The topological polar surface area (TPSA) is 95.0 Å². The molecule has 0 saturated carbocycles. The minimum Gasteiger partial charge on any atom is -0.490 e. The van der Waals surface area contributed by atoms with Crippen molar-refractivity contribution in [2.45, 2.75) is 38.8 Å². The molecule has 1 aliphatic rings. The van der Waals surface area contributed by atoms with Gasteiger partial charge in [0, 0.05) is 43.7 Å². The third kappa shape index (κ3) is 5.21. The van der Waals surface area contributed by atoms with Crippen LogP contribution in [0.15, 0.2) is 23.3 Å². The Hall–Kier alpha value is -2.12. The largest absolute Gasteiger partial charge is 0.490 e. The highest BCUT2D eigenvalue weighted by Gasteiger charge is 2.18. The number of amides is 1. The number of carbonyl (C=O) groups is 1. The van der Waals surface area contributed by atoms with Crippen LogP contribution in [0.5, 0.6) is 5.75 Å². The van der Waals surface area contributed by atoms with Crippen LogP contribution < -0.4 is 20.8 Å². The SMILES string of the molecule is CNc1ccc(OCC(O)CNC(C)C)c(C2=NNC(=O)CC2)c1. The molecule has 1 aromatic rings. The van der Waals surface area contributed by atoms with Gasteiger partial charge < -0.3 is 20.5 Å². The first-order chi connectivity index (χ1) is 11.5. The van der Waals surface area contributed by atoms with Crippen LogP contribution in [0.2, 0.25) is 0 Å². The normalized spacial score (nSPS) is 15.7. The number of hydrogen-bond acceptors (Lipinski definition) is 6. The fourth-order valence-corrected chi connectivity index (χ4v) is 2.32. The molecule has 0 saturated heterocycles. The standard InChI is InChI=1S/C17H26N4O3/c1-11(2)19-9-13(22)10-24-16-6-4-12(18-3)8-14(16)15-5-7-17(23)21-20-15/h4,6,8,11,13,18-19,22H,5,7,9-10H2,1-3H3,(H,21,23). The maximum absolute atomic E-state index is 11.3. The molecule has 1 aromatic carbocycles. The Kier molecular flexibility index (Phi) is 6.57. The predicted octanol–water partition coefficient (Wildman–Crippen LogP) is 1.08. The minimum atomic E-state index is -0.600. The van der Waals surface area contributed by atoms with Gasteiger partial charge in [-0.15, -0.1) is 0 Å². The number of ether oxygens (including phenoxy) is 1. The smallest absolute Gasteiger partial charge is 0.240 e. The van der Waals surface area contributed by atoms with Crippen molar-refractivity contribution >= 4 is 17.3 Å². The molecule has 7 heteroatoms. The average Bonchev–Trinajstić information content (AvgIpc) is 2.58. The van der Waals surface area contributed by atoms with Gasteiger partial charge in [0.25, 0.3) is 0 Å². The molecule has 24 heavy (non-hydrogen) atoms. The van der Waals surface area contributed by atoms with E-state index in [1.54, 1.807) is 0 Å². The van der Waals surface area contributed by atoms with Gasteiger partial charge in [-0.1, -0.05) is 13.8 Å². The van der Waals surface area contributed by atoms with E-state index in [-0.39, 0.29) is 12.5 Å². The maximum Gasteiger partial charge on any atom is 0.240 e. The first-order valence-electron chi connectivity index (χ1n) is 8.21. The quantitative estimate of drug-likeness (QED) is 0.571. The molecule has 0 bridgehead atoms. The molecule has 0 fully saturated rings. The van der Waals surface area contributed by atoms with Gasteiger partial charge in [-0.05, 0) is 18.2 Å². The van der Waals surface area contributed by atoms with Crippen molar-refractivity contribution in [3.05, 3.63) is 23.8 Å². The van der Waals surface area contributed by atoms with Crippen molar-refractivity contribution < 1.29 is 14.6 Å². The Balaban J connectivity index is 2.10. The van der Waals surface area contributed by atoms with E-state index in [1.165, 1.54) is 0 Å². The molecule has 1 atom stereocenters. The molecule has 0 aromatic heterocycles. The number of benzene rings is 1. The van der Waals surface area contributed by atoms with Crippen LogP contribution in [-0.4, -0.2) is 49.1 Å². The van der Waals surface area contributed by atoms with Gasteiger partial charge in [-0.25, -0.2) is 5.43 Å². The van der Waals surface area contributed by atoms with Crippen LogP contribution in [0, 0.1) is 0 Å². The number of nitrogens with one attached hydrogen (secondary N) is 3. The predicted molar refractivity (Wildman–Crippen MR) is 94.5 cm³/mol. The van der Waals surface area contributed by atoms with E-state index in [0.29, 0.717) is 31.2 Å². The number of aliphatic hydroxyl groups is 1. The molecule has 1 aliphatic heterocycles. The zero-order valence-electron chi connectivity index (χ0n) is 14.4. The second-order valence-corrected chi connectivity index (χ2v) is 6.08. The average molecular weight is 334 g/mol. The van der Waals surface area contributed by atoms with Crippen LogP contribution in [-0.2, 0) is 4.79 Å². The Morgan fingerprint density at radius 3 is 2.79 bits per heavy atom. The number of aliphatic hydroxyl groups excluding tert-OH is 1. The van der Waals surface area contributed by atoms with Gasteiger partial charge in [0.15, 0.2) is 0 Å². The fraction of sp³-hybridized carbons (Fsp3) is 0.529. The molecular formula is C17H26N4O3. The number of carbonyl (C=O) groups excluding carboxylic acids is 1. The highest BCUT2D eigenvalue weighted by Crippen LogP contribution is 2.26. The van der Waals surface area contributed by atoms with Crippen LogP contribution in [0.4, 0.5) is 5.69 Å². The van der Waals surface area contributed by atoms with Crippen molar-refractivity contribution in [2.75, 3.05) is 25.5 Å². The lowest BCUT2D eigenvalue weighted by Gasteiger charge is -2.19. The summed E-state index contributed by atoms with van der Waals surface area (Å²) in [5.74, 6) is 0.564. The lowest BCUT2D eigenvalue weighted by Crippen LogP contribution is -2.35. The number of nitrogens with zero attached hydrogens (tertiary/aromatic N) is 1. The van der Waals surface area contributed by atoms with Gasteiger partial charge in [-0.2, -0.15) is 5.10 Å². The summed E-state index contributed by atoms with van der Waals surface area (Å²) >= 11 is 0. The minimum absolute atomic E-state index is 0.0822. The summed E-state index contributed by atoms with van der Waals surface area (Å²) in [4.78, 5) is 11.3.